The van der Waals surface area contributed by atoms with Gasteiger partial charge in [-0.05, 0) is 37.1 Å². The summed E-state index contributed by atoms with van der Waals surface area (Å²) in [6, 6.07) is 6.34. The molecule has 5 nitrogen and oxygen atoms in total. The number of benzene rings is 1. The zero-order valence-electron chi connectivity index (χ0n) is 11.6. The van der Waals surface area contributed by atoms with Crippen LogP contribution in [0.4, 0.5) is 26.1 Å². The van der Waals surface area contributed by atoms with E-state index in [1.165, 1.54) is 6.07 Å². The molecule has 3 rings (SSSR count). The molecule has 1 heterocycles. The SMILES string of the molecule is O=C(Nc1ccc(Nc2ccc(F)cc2F)nn1)C1CCC1. The highest BCUT2D eigenvalue weighted by Gasteiger charge is 2.25. The second-order valence-electron chi connectivity index (χ2n) is 5.17. The van der Waals surface area contributed by atoms with Gasteiger partial charge in [-0.1, -0.05) is 6.42 Å². The van der Waals surface area contributed by atoms with Crippen molar-refractivity contribution in [3.05, 3.63) is 42.0 Å². The van der Waals surface area contributed by atoms with Crippen molar-refractivity contribution in [1.29, 1.82) is 0 Å². The van der Waals surface area contributed by atoms with E-state index in [1.54, 1.807) is 12.1 Å². The maximum Gasteiger partial charge on any atom is 0.228 e. The molecule has 0 aliphatic heterocycles. The van der Waals surface area contributed by atoms with Gasteiger partial charge in [0, 0.05) is 12.0 Å². The van der Waals surface area contributed by atoms with Crippen molar-refractivity contribution in [3.63, 3.8) is 0 Å². The van der Waals surface area contributed by atoms with Crippen molar-refractivity contribution >= 4 is 23.2 Å². The van der Waals surface area contributed by atoms with Gasteiger partial charge in [-0.25, -0.2) is 8.78 Å². The molecule has 1 aromatic carbocycles. The van der Waals surface area contributed by atoms with Gasteiger partial charge in [0.2, 0.25) is 5.91 Å². The molecule has 1 aromatic heterocycles. The molecular formula is C15H14F2N4O. The van der Waals surface area contributed by atoms with Crippen molar-refractivity contribution in [2.24, 2.45) is 5.92 Å². The summed E-state index contributed by atoms with van der Waals surface area (Å²) in [5.74, 6) is -0.708. The monoisotopic (exact) mass is 304 g/mol. The molecule has 0 saturated heterocycles. The summed E-state index contributed by atoms with van der Waals surface area (Å²) >= 11 is 0. The van der Waals surface area contributed by atoms with Crippen LogP contribution in [0.3, 0.4) is 0 Å². The lowest BCUT2D eigenvalue weighted by Crippen LogP contribution is -2.28. The molecule has 2 aromatic rings. The normalized spacial score (nSPS) is 14.3. The molecule has 1 fully saturated rings. The number of carbonyl (C=O) groups excluding carboxylic acids is 1. The molecule has 1 saturated carbocycles. The number of rotatable bonds is 4. The molecule has 22 heavy (non-hydrogen) atoms. The van der Waals surface area contributed by atoms with Gasteiger partial charge in [-0.3, -0.25) is 4.79 Å². The molecule has 1 aliphatic rings. The molecule has 0 atom stereocenters. The first kappa shape index (κ1) is 14.4. The molecule has 0 spiro atoms. The Kier molecular flexibility index (Phi) is 3.95. The molecule has 1 amide bonds. The molecule has 0 unspecified atom stereocenters. The highest BCUT2D eigenvalue weighted by Crippen LogP contribution is 2.27. The fourth-order valence-electron chi connectivity index (χ4n) is 2.09. The average Bonchev–Trinajstić information content (AvgIpc) is 2.42. The fourth-order valence-corrected chi connectivity index (χ4v) is 2.09. The van der Waals surface area contributed by atoms with E-state index in [0.717, 1.165) is 31.4 Å². The molecule has 0 radical (unpaired) electrons. The van der Waals surface area contributed by atoms with Crippen molar-refractivity contribution < 1.29 is 13.6 Å². The molecule has 2 N–H and O–H groups in total. The van der Waals surface area contributed by atoms with Crippen molar-refractivity contribution in [1.82, 2.24) is 10.2 Å². The maximum absolute atomic E-state index is 13.5. The molecule has 114 valence electrons. The number of amides is 1. The predicted octanol–water partition coefficient (Wildman–Crippen LogP) is 3.24. The van der Waals surface area contributed by atoms with Crippen molar-refractivity contribution in [3.8, 4) is 0 Å². The quantitative estimate of drug-likeness (QED) is 0.910. The number of hydrogen-bond donors (Lipinski definition) is 2. The van der Waals surface area contributed by atoms with E-state index >= 15 is 0 Å². The Balaban J connectivity index is 1.64. The van der Waals surface area contributed by atoms with Gasteiger partial charge in [0.05, 0.1) is 5.69 Å². The summed E-state index contributed by atoms with van der Waals surface area (Å²) in [7, 11) is 0. The minimum absolute atomic E-state index is 0.0501. The van der Waals surface area contributed by atoms with Crippen LogP contribution in [-0.4, -0.2) is 16.1 Å². The van der Waals surface area contributed by atoms with E-state index in [9.17, 15) is 13.6 Å². The minimum Gasteiger partial charge on any atom is -0.336 e. The van der Waals surface area contributed by atoms with Gasteiger partial charge in [0.15, 0.2) is 11.6 Å². The van der Waals surface area contributed by atoms with Gasteiger partial charge in [0.25, 0.3) is 0 Å². The minimum atomic E-state index is -0.718. The molecular weight excluding hydrogens is 290 g/mol. The third-order valence-electron chi connectivity index (χ3n) is 3.59. The van der Waals surface area contributed by atoms with Gasteiger partial charge in [0.1, 0.15) is 11.6 Å². The third-order valence-corrected chi connectivity index (χ3v) is 3.59. The average molecular weight is 304 g/mol. The van der Waals surface area contributed by atoms with Crippen LogP contribution in [0, 0.1) is 17.6 Å². The summed E-state index contributed by atoms with van der Waals surface area (Å²) in [4.78, 5) is 11.8. The summed E-state index contributed by atoms with van der Waals surface area (Å²) in [6.07, 6.45) is 2.89. The number of anilines is 3. The summed E-state index contributed by atoms with van der Waals surface area (Å²) in [5, 5.41) is 13.1. The predicted molar refractivity (Wildman–Crippen MR) is 77.6 cm³/mol. The lowest BCUT2D eigenvalue weighted by Gasteiger charge is -2.23. The Labute approximate surface area is 125 Å². The Morgan fingerprint density at radius 3 is 2.41 bits per heavy atom. The Hall–Kier alpha value is -2.57. The lowest BCUT2D eigenvalue weighted by molar-refractivity contribution is -0.122. The Morgan fingerprint density at radius 1 is 1.09 bits per heavy atom. The number of carbonyl (C=O) groups is 1. The van der Waals surface area contributed by atoms with E-state index in [4.69, 9.17) is 0 Å². The number of halogens is 2. The number of hydrogen-bond acceptors (Lipinski definition) is 4. The van der Waals surface area contributed by atoms with Crippen LogP contribution >= 0.6 is 0 Å². The van der Waals surface area contributed by atoms with Gasteiger partial charge in [-0.2, -0.15) is 0 Å². The van der Waals surface area contributed by atoms with Crippen LogP contribution in [0.25, 0.3) is 0 Å². The standard InChI is InChI=1S/C15H14F2N4O/c16-10-4-5-12(11(17)8-10)18-13-6-7-14(21-20-13)19-15(22)9-2-1-3-9/h4-9H,1-3H2,(H,18,20)(H,19,21,22). The first-order valence-electron chi connectivity index (χ1n) is 6.98. The van der Waals surface area contributed by atoms with E-state index in [-0.39, 0.29) is 17.5 Å². The molecule has 7 heteroatoms. The summed E-state index contributed by atoms with van der Waals surface area (Å²) < 4.78 is 26.3. The third kappa shape index (κ3) is 3.19. The lowest BCUT2D eigenvalue weighted by atomic mass is 9.85. The number of aromatic nitrogens is 2. The number of nitrogens with one attached hydrogen (secondary N) is 2. The topological polar surface area (TPSA) is 66.9 Å². The second kappa shape index (κ2) is 6.05. The Bertz CT molecular complexity index is 686. The largest absolute Gasteiger partial charge is 0.336 e. The van der Waals surface area contributed by atoms with Gasteiger partial charge >= 0.3 is 0 Å². The summed E-state index contributed by atoms with van der Waals surface area (Å²) in [6.45, 7) is 0. The maximum atomic E-state index is 13.5. The Morgan fingerprint density at radius 2 is 1.82 bits per heavy atom. The van der Waals surface area contributed by atoms with Crippen LogP contribution in [-0.2, 0) is 4.79 Å². The van der Waals surface area contributed by atoms with Crippen molar-refractivity contribution in [2.45, 2.75) is 19.3 Å². The smallest absolute Gasteiger partial charge is 0.228 e. The van der Waals surface area contributed by atoms with Crippen LogP contribution in [0.2, 0.25) is 0 Å². The fraction of sp³-hybridized carbons (Fsp3) is 0.267. The summed E-state index contributed by atoms with van der Waals surface area (Å²) in [5.41, 5.74) is 0.0990. The van der Waals surface area contributed by atoms with E-state index in [2.05, 4.69) is 20.8 Å². The van der Waals surface area contributed by atoms with E-state index < -0.39 is 11.6 Å². The zero-order chi connectivity index (χ0) is 15.5. The molecule has 1 aliphatic carbocycles. The highest BCUT2D eigenvalue weighted by molar-refractivity contribution is 5.92. The first-order chi connectivity index (χ1) is 10.6. The van der Waals surface area contributed by atoms with Gasteiger partial charge in [-0.15, -0.1) is 10.2 Å². The zero-order valence-corrected chi connectivity index (χ0v) is 11.6. The molecule has 0 bridgehead atoms. The number of nitrogens with zero attached hydrogens (tertiary/aromatic N) is 2. The highest BCUT2D eigenvalue weighted by atomic mass is 19.1. The van der Waals surface area contributed by atoms with Crippen molar-refractivity contribution in [2.75, 3.05) is 10.6 Å². The van der Waals surface area contributed by atoms with E-state index in [1.807, 2.05) is 0 Å². The first-order valence-corrected chi connectivity index (χ1v) is 6.98. The van der Waals surface area contributed by atoms with Crippen LogP contribution in [0.1, 0.15) is 19.3 Å². The van der Waals surface area contributed by atoms with E-state index in [0.29, 0.717) is 11.6 Å². The second-order valence-corrected chi connectivity index (χ2v) is 5.17. The van der Waals surface area contributed by atoms with Gasteiger partial charge < -0.3 is 10.6 Å². The van der Waals surface area contributed by atoms with Crippen LogP contribution in [0.5, 0.6) is 0 Å². The van der Waals surface area contributed by atoms with Crippen LogP contribution in [0.15, 0.2) is 30.3 Å². The van der Waals surface area contributed by atoms with Crippen LogP contribution < -0.4 is 10.6 Å².